The average molecular weight is 514 g/mol. The van der Waals surface area contributed by atoms with Crippen molar-refractivity contribution < 1.29 is 22.5 Å². The van der Waals surface area contributed by atoms with Gasteiger partial charge in [-0.15, -0.1) is 16.4 Å². The summed E-state index contributed by atoms with van der Waals surface area (Å²) >= 11 is 1.01. The molecule has 0 aliphatic carbocycles. The van der Waals surface area contributed by atoms with Gasteiger partial charge in [-0.2, -0.15) is 17.9 Å². The lowest BCUT2D eigenvalue weighted by Gasteiger charge is -2.08. The smallest absolute Gasteiger partial charge is 0.433 e. The fourth-order valence-electron chi connectivity index (χ4n) is 4.06. The molecule has 6 aromatic rings. The zero-order valence-electron chi connectivity index (χ0n) is 18.4. The molecule has 182 valence electrons. The Hall–Kier alpha value is -4.40. The van der Waals surface area contributed by atoms with Crippen LogP contribution in [-0.2, 0) is 6.18 Å². The number of nitrogens with zero attached hydrogens (tertiary/aromatic N) is 8. The molecule has 6 heterocycles. The Balaban J connectivity index is 1.57. The SMILES string of the molecule is Cc1cc([N+](=O)[O-])nn1C(C)c1nc2c3sc4nc(C(F)(F)F)cc(-c5ccco5)c4c3ncn2n1. The Morgan fingerprint density at radius 3 is 2.69 bits per heavy atom. The van der Waals surface area contributed by atoms with E-state index in [2.05, 4.69) is 25.1 Å². The highest BCUT2D eigenvalue weighted by atomic mass is 32.1. The molecule has 6 aromatic heterocycles. The van der Waals surface area contributed by atoms with Gasteiger partial charge in [0.05, 0.1) is 28.6 Å². The fraction of sp³-hybridized carbons (Fsp3) is 0.190. The molecule has 0 amide bonds. The van der Waals surface area contributed by atoms with E-state index in [1.807, 2.05) is 0 Å². The topological polar surface area (TPSA) is 130 Å². The Kier molecular flexibility index (Phi) is 4.63. The highest BCUT2D eigenvalue weighted by Gasteiger charge is 2.35. The molecule has 0 saturated carbocycles. The van der Waals surface area contributed by atoms with Gasteiger partial charge < -0.3 is 14.5 Å². The number of aryl methyl sites for hydroxylation is 1. The summed E-state index contributed by atoms with van der Waals surface area (Å²) < 4.78 is 49.6. The Bertz CT molecular complexity index is 1800. The third-order valence-corrected chi connectivity index (χ3v) is 6.77. The lowest BCUT2D eigenvalue weighted by atomic mass is 10.1. The lowest BCUT2D eigenvalue weighted by molar-refractivity contribution is -0.389. The number of alkyl halides is 3. The fourth-order valence-corrected chi connectivity index (χ4v) is 5.18. The van der Waals surface area contributed by atoms with Crippen LogP contribution in [0.25, 0.3) is 37.4 Å². The largest absolute Gasteiger partial charge is 0.464 e. The van der Waals surface area contributed by atoms with Gasteiger partial charge in [0.15, 0.2) is 11.5 Å². The van der Waals surface area contributed by atoms with Gasteiger partial charge in [-0.25, -0.2) is 19.5 Å². The number of furan rings is 1. The molecule has 0 radical (unpaired) electrons. The van der Waals surface area contributed by atoms with Gasteiger partial charge in [0.2, 0.25) is 0 Å². The average Bonchev–Trinajstić information content (AvgIpc) is 3.61. The van der Waals surface area contributed by atoms with Gasteiger partial charge in [0.25, 0.3) is 0 Å². The lowest BCUT2D eigenvalue weighted by Crippen LogP contribution is -2.12. The first-order valence-corrected chi connectivity index (χ1v) is 11.2. The molecule has 1 atom stereocenters. The van der Waals surface area contributed by atoms with Crippen LogP contribution in [0.15, 0.2) is 41.3 Å². The Morgan fingerprint density at radius 1 is 1.22 bits per heavy atom. The van der Waals surface area contributed by atoms with Crippen LogP contribution in [0.3, 0.4) is 0 Å². The number of hydrogen-bond donors (Lipinski definition) is 0. The van der Waals surface area contributed by atoms with Crippen LogP contribution in [0.5, 0.6) is 0 Å². The predicted octanol–water partition coefficient (Wildman–Crippen LogP) is 5.19. The molecule has 0 spiro atoms. The number of hydrogen-bond acceptors (Lipinski definition) is 9. The van der Waals surface area contributed by atoms with Crippen molar-refractivity contribution in [3.63, 3.8) is 0 Å². The molecule has 0 N–H and O–H groups in total. The van der Waals surface area contributed by atoms with E-state index in [9.17, 15) is 23.3 Å². The second kappa shape index (κ2) is 7.55. The maximum atomic E-state index is 13.6. The van der Waals surface area contributed by atoms with Crippen LogP contribution in [0, 0.1) is 17.0 Å². The summed E-state index contributed by atoms with van der Waals surface area (Å²) in [7, 11) is 0. The molecule has 0 bridgehead atoms. The Morgan fingerprint density at radius 2 is 2.03 bits per heavy atom. The summed E-state index contributed by atoms with van der Waals surface area (Å²) in [6.07, 6.45) is -1.87. The van der Waals surface area contributed by atoms with E-state index in [1.54, 1.807) is 26.0 Å². The van der Waals surface area contributed by atoms with Gasteiger partial charge in [-0.1, -0.05) is 0 Å². The van der Waals surface area contributed by atoms with Crippen LogP contribution in [0.4, 0.5) is 19.0 Å². The summed E-state index contributed by atoms with van der Waals surface area (Å²) in [5, 5.41) is 20.0. The van der Waals surface area contributed by atoms with Gasteiger partial charge >= 0.3 is 12.0 Å². The molecule has 0 saturated heterocycles. The number of pyridine rings is 1. The molecule has 0 fully saturated rings. The van der Waals surface area contributed by atoms with Crippen molar-refractivity contribution in [2.24, 2.45) is 0 Å². The first-order valence-electron chi connectivity index (χ1n) is 10.4. The zero-order chi connectivity index (χ0) is 25.4. The van der Waals surface area contributed by atoms with Crippen molar-refractivity contribution in [3.05, 3.63) is 64.2 Å². The third-order valence-electron chi connectivity index (χ3n) is 5.70. The van der Waals surface area contributed by atoms with E-state index in [-0.39, 0.29) is 22.0 Å². The summed E-state index contributed by atoms with van der Waals surface area (Å²) in [5.41, 5.74) is 0.490. The summed E-state index contributed by atoms with van der Waals surface area (Å²) in [6.45, 7) is 3.42. The molecule has 36 heavy (non-hydrogen) atoms. The molecule has 6 rings (SSSR count). The molecule has 0 aromatic carbocycles. The Labute approximate surface area is 202 Å². The predicted molar refractivity (Wildman–Crippen MR) is 122 cm³/mol. The van der Waals surface area contributed by atoms with Gasteiger partial charge in [-0.3, -0.25) is 0 Å². The summed E-state index contributed by atoms with van der Waals surface area (Å²) in [5.74, 6) is 0.257. The standard InChI is InChI=1S/C21H13F3N8O3S/c1-9-6-14(32(33)34)28-31(9)10(2)18-27-19-17-16(25-8-30(19)29-18)15-11(12-4-3-5-35-12)7-13(21(22,23)24)26-20(15)36-17/h3-8,10H,1-2H3. The molecule has 11 nitrogen and oxygen atoms in total. The van der Waals surface area contributed by atoms with Gasteiger partial charge in [-0.05, 0) is 37.0 Å². The van der Waals surface area contributed by atoms with Gasteiger partial charge in [0, 0.05) is 10.9 Å². The summed E-state index contributed by atoms with van der Waals surface area (Å²) in [6, 6.07) is 4.89. The molecule has 1 unspecified atom stereocenters. The first-order chi connectivity index (χ1) is 17.1. The van der Waals surface area contributed by atoms with Crippen LogP contribution >= 0.6 is 11.3 Å². The molecular weight excluding hydrogens is 501 g/mol. The van der Waals surface area contributed by atoms with Crippen molar-refractivity contribution in [2.75, 3.05) is 0 Å². The van der Waals surface area contributed by atoms with Crippen molar-refractivity contribution in [1.29, 1.82) is 0 Å². The number of nitro groups is 1. The van der Waals surface area contributed by atoms with Crippen molar-refractivity contribution >= 4 is 43.2 Å². The van der Waals surface area contributed by atoms with E-state index in [4.69, 9.17) is 4.42 Å². The van der Waals surface area contributed by atoms with Crippen LogP contribution < -0.4 is 0 Å². The first kappa shape index (κ1) is 22.1. The van der Waals surface area contributed by atoms with E-state index in [0.717, 1.165) is 17.4 Å². The molecule has 15 heteroatoms. The quantitative estimate of drug-likeness (QED) is 0.232. The minimum absolute atomic E-state index is 0.128. The highest BCUT2D eigenvalue weighted by molar-refractivity contribution is 7.26. The van der Waals surface area contributed by atoms with Crippen LogP contribution in [0.1, 0.15) is 30.2 Å². The second-order valence-electron chi connectivity index (χ2n) is 7.99. The van der Waals surface area contributed by atoms with E-state index in [1.165, 1.54) is 27.9 Å². The molecule has 0 aliphatic rings. The molecule has 0 aliphatic heterocycles. The van der Waals surface area contributed by atoms with Crippen LogP contribution in [-0.4, -0.2) is 39.3 Å². The maximum absolute atomic E-state index is 13.6. The summed E-state index contributed by atoms with van der Waals surface area (Å²) in [4.78, 5) is 23.5. The van der Waals surface area contributed by atoms with Crippen molar-refractivity contribution in [2.45, 2.75) is 26.1 Å². The van der Waals surface area contributed by atoms with Gasteiger partial charge in [0.1, 0.15) is 33.4 Å². The number of halogens is 3. The van der Waals surface area contributed by atoms with E-state index < -0.39 is 22.8 Å². The van der Waals surface area contributed by atoms with Crippen molar-refractivity contribution in [3.8, 4) is 11.3 Å². The zero-order valence-corrected chi connectivity index (χ0v) is 19.2. The van der Waals surface area contributed by atoms with Crippen molar-refractivity contribution in [1.82, 2.24) is 34.3 Å². The number of aromatic nitrogens is 7. The van der Waals surface area contributed by atoms with E-state index >= 15 is 0 Å². The normalized spacial score (nSPS) is 13.2. The minimum atomic E-state index is -4.66. The second-order valence-corrected chi connectivity index (χ2v) is 8.99. The third kappa shape index (κ3) is 3.30. The number of thiophene rings is 1. The monoisotopic (exact) mass is 514 g/mol. The maximum Gasteiger partial charge on any atom is 0.433 e. The molecular formula is C21H13F3N8O3S. The van der Waals surface area contributed by atoms with E-state index in [0.29, 0.717) is 32.8 Å². The highest BCUT2D eigenvalue weighted by Crippen LogP contribution is 2.42. The minimum Gasteiger partial charge on any atom is -0.464 e. The number of rotatable bonds is 4. The van der Waals surface area contributed by atoms with Crippen LogP contribution in [0.2, 0.25) is 0 Å². The number of fused-ring (bicyclic) bond motifs is 5.